The molecule has 1 aromatic heterocycles. The molecule has 0 bridgehead atoms. The van der Waals surface area contributed by atoms with Gasteiger partial charge < -0.3 is 14.4 Å². The minimum absolute atomic E-state index is 0.136. The van der Waals surface area contributed by atoms with Gasteiger partial charge >= 0.3 is 0 Å². The van der Waals surface area contributed by atoms with E-state index in [2.05, 4.69) is 53.8 Å². The van der Waals surface area contributed by atoms with Gasteiger partial charge in [-0.2, -0.15) is 0 Å². The predicted octanol–water partition coefficient (Wildman–Crippen LogP) is 3.24. The Hall–Kier alpha value is -2.33. The molecule has 0 fully saturated rings. The fraction of sp³-hybridized carbons (Fsp3) is 0.409. The van der Waals surface area contributed by atoms with Crippen LogP contribution in [0.2, 0.25) is 0 Å². The lowest BCUT2D eigenvalue weighted by atomic mass is 9.88. The molecule has 1 aliphatic heterocycles. The molecule has 1 unspecified atom stereocenters. The first-order chi connectivity index (χ1) is 12.4. The fourth-order valence-electron chi connectivity index (χ4n) is 4.48. The van der Waals surface area contributed by atoms with E-state index in [0.29, 0.717) is 6.42 Å². The maximum Gasteiger partial charge on any atom is 0.252 e. The van der Waals surface area contributed by atoms with E-state index in [1.54, 1.807) is 4.90 Å². The number of aryl methyl sites for hydroxylation is 1. The largest absolute Gasteiger partial charge is 0.346 e. The molecule has 1 atom stereocenters. The average molecular weight is 349 g/mol. The molecule has 0 saturated carbocycles. The maximum absolute atomic E-state index is 13.4. The molecule has 1 aliphatic carbocycles. The second-order valence-electron chi connectivity index (χ2n) is 7.88. The van der Waals surface area contributed by atoms with Crippen LogP contribution in [0.3, 0.4) is 0 Å². The Balaban J connectivity index is 2.05. The highest BCUT2D eigenvalue weighted by Gasteiger charge is 2.42. The van der Waals surface area contributed by atoms with Gasteiger partial charge in [-0.05, 0) is 37.7 Å². The summed E-state index contributed by atoms with van der Waals surface area (Å²) in [5.74, 6) is 0.136. The molecule has 0 N–H and O–H groups in total. The smallest absolute Gasteiger partial charge is 0.252 e. The van der Waals surface area contributed by atoms with Crippen LogP contribution < -0.4 is 0 Å². The minimum Gasteiger partial charge on any atom is -0.346 e. The summed E-state index contributed by atoms with van der Waals surface area (Å²) in [6, 6.07) is 6.63. The van der Waals surface area contributed by atoms with Gasteiger partial charge in [-0.1, -0.05) is 29.9 Å². The number of rotatable bonds is 2. The summed E-state index contributed by atoms with van der Waals surface area (Å²) >= 11 is 0. The molecule has 26 heavy (non-hydrogen) atoms. The molecule has 4 nitrogen and oxygen atoms in total. The topological polar surface area (TPSA) is 28.5 Å². The number of benzene rings is 1. The zero-order valence-electron chi connectivity index (χ0n) is 16.1. The summed E-state index contributed by atoms with van der Waals surface area (Å²) in [6.45, 7) is 4.10. The maximum atomic E-state index is 13.4. The number of hydrogen-bond acceptors (Lipinski definition) is 2. The quantitative estimate of drug-likeness (QED) is 0.833. The molecule has 136 valence electrons. The van der Waals surface area contributed by atoms with Crippen LogP contribution in [-0.4, -0.2) is 48.0 Å². The molecule has 0 saturated heterocycles. The standard InChI is InChI=1S/C22H27N3O/c1-16-8-9-19-17(14-16)18-15-24(4)13-10-20(18)25(19)22(21(26)23(2)3)11-6-5-7-12-22/h5-9,11,14H,10,12-13,15H2,1-4H3. The third-order valence-corrected chi connectivity index (χ3v) is 5.72. The predicted molar refractivity (Wildman–Crippen MR) is 106 cm³/mol. The van der Waals surface area contributed by atoms with Gasteiger partial charge in [-0.3, -0.25) is 4.79 Å². The molecular weight excluding hydrogens is 322 g/mol. The molecule has 0 radical (unpaired) electrons. The van der Waals surface area contributed by atoms with E-state index in [0.717, 1.165) is 19.5 Å². The summed E-state index contributed by atoms with van der Waals surface area (Å²) in [5, 5.41) is 1.29. The van der Waals surface area contributed by atoms with E-state index >= 15 is 0 Å². The zero-order chi connectivity index (χ0) is 18.5. The Morgan fingerprint density at radius 3 is 2.73 bits per heavy atom. The van der Waals surface area contributed by atoms with Gasteiger partial charge in [-0.15, -0.1) is 0 Å². The Bertz CT molecular complexity index is 935. The molecular formula is C22H27N3O. The van der Waals surface area contributed by atoms with Crippen molar-refractivity contribution in [3.63, 3.8) is 0 Å². The molecule has 2 aromatic rings. The third-order valence-electron chi connectivity index (χ3n) is 5.72. The fourth-order valence-corrected chi connectivity index (χ4v) is 4.48. The number of carbonyl (C=O) groups excluding carboxylic acids is 1. The van der Waals surface area contributed by atoms with Crippen molar-refractivity contribution in [2.24, 2.45) is 0 Å². The summed E-state index contributed by atoms with van der Waals surface area (Å²) in [6.07, 6.45) is 9.93. The Morgan fingerprint density at radius 2 is 2.04 bits per heavy atom. The normalized spacial score (nSPS) is 22.6. The molecule has 0 spiro atoms. The van der Waals surface area contributed by atoms with Crippen molar-refractivity contribution >= 4 is 16.8 Å². The minimum atomic E-state index is -0.671. The van der Waals surface area contributed by atoms with E-state index in [-0.39, 0.29) is 5.91 Å². The molecule has 4 heteroatoms. The highest BCUT2D eigenvalue weighted by molar-refractivity contribution is 5.93. The molecule has 4 rings (SSSR count). The highest BCUT2D eigenvalue weighted by Crippen LogP contribution is 2.39. The van der Waals surface area contributed by atoms with Crippen LogP contribution >= 0.6 is 0 Å². The first kappa shape index (κ1) is 17.1. The van der Waals surface area contributed by atoms with Crippen LogP contribution in [0.5, 0.6) is 0 Å². The van der Waals surface area contributed by atoms with Gasteiger partial charge in [0.1, 0.15) is 5.54 Å². The number of carbonyl (C=O) groups is 1. The van der Waals surface area contributed by atoms with Crippen molar-refractivity contribution in [3.05, 3.63) is 59.3 Å². The molecule has 1 amide bonds. The van der Waals surface area contributed by atoms with Crippen LogP contribution in [0.4, 0.5) is 0 Å². The zero-order valence-corrected chi connectivity index (χ0v) is 16.1. The number of nitrogens with zero attached hydrogens (tertiary/aromatic N) is 3. The second kappa shape index (κ2) is 6.13. The molecule has 2 heterocycles. The first-order valence-electron chi connectivity index (χ1n) is 9.32. The number of likely N-dealkylation sites (N-methyl/N-ethyl adjacent to an activating group) is 2. The van der Waals surface area contributed by atoms with Crippen LogP contribution in [0.1, 0.15) is 23.2 Å². The van der Waals surface area contributed by atoms with Gasteiger partial charge in [0.05, 0.1) is 0 Å². The lowest BCUT2D eigenvalue weighted by Crippen LogP contribution is -2.48. The summed E-state index contributed by atoms with van der Waals surface area (Å²) in [7, 11) is 5.88. The lowest BCUT2D eigenvalue weighted by Gasteiger charge is -2.37. The highest BCUT2D eigenvalue weighted by atomic mass is 16.2. The van der Waals surface area contributed by atoms with Crippen molar-refractivity contribution in [2.75, 3.05) is 27.7 Å². The van der Waals surface area contributed by atoms with Crippen molar-refractivity contribution in [1.82, 2.24) is 14.4 Å². The monoisotopic (exact) mass is 349 g/mol. The van der Waals surface area contributed by atoms with E-state index in [4.69, 9.17) is 0 Å². The number of fused-ring (bicyclic) bond motifs is 3. The number of allylic oxidation sites excluding steroid dienone is 3. The van der Waals surface area contributed by atoms with Crippen molar-refractivity contribution < 1.29 is 4.79 Å². The van der Waals surface area contributed by atoms with Crippen LogP contribution in [0.15, 0.2) is 42.5 Å². The van der Waals surface area contributed by atoms with E-state index in [1.807, 2.05) is 26.2 Å². The van der Waals surface area contributed by atoms with Crippen LogP contribution in [-0.2, 0) is 23.3 Å². The van der Waals surface area contributed by atoms with Gasteiger partial charge in [0.25, 0.3) is 5.91 Å². The van der Waals surface area contributed by atoms with Crippen LogP contribution in [0.25, 0.3) is 10.9 Å². The SMILES string of the molecule is Cc1ccc2c(c1)c1c(n2C2(C(=O)N(C)C)C=CC=CC2)CCN(C)C1. The van der Waals surface area contributed by atoms with Gasteiger partial charge in [0, 0.05) is 56.6 Å². The van der Waals surface area contributed by atoms with Crippen molar-refractivity contribution in [1.29, 1.82) is 0 Å². The number of amides is 1. The summed E-state index contributed by atoms with van der Waals surface area (Å²) < 4.78 is 2.34. The van der Waals surface area contributed by atoms with E-state index in [1.165, 1.54) is 27.7 Å². The first-order valence-corrected chi connectivity index (χ1v) is 9.32. The molecule has 1 aromatic carbocycles. The van der Waals surface area contributed by atoms with Gasteiger partial charge in [0.15, 0.2) is 0 Å². The summed E-state index contributed by atoms with van der Waals surface area (Å²) in [5.41, 5.74) is 4.46. The van der Waals surface area contributed by atoms with Crippen LogP contribution in [0, 0.1) is 6.92 Å². The van der Waals surface area contributed by atoms with E-state index < -0.39 is 5.54 Å². The third kappa shape index (κ3) is 2.43. The number of aromatic nitrogens is 1. The number of hydrogen-bond donors (Lipinski definition) is 0. The lowest BCUT2D eigenvalue weighted by molar-refractivity contribution is -0.135. The Kier molecular flexibility index (Phi) is 4.03. The Morgan fingerprint density at radius 1 is 1.23 bits per heavy atom. The molecule has 2 aliphatic rings. The van der Waals surface area contributed by atoms with Crippen molar-refractivity contribution in [3.8, 4) is 0 Å². The average Bonchev–Trinajstić information content (AvgIpc) is 2.95. The second-order valence-corrected chi connectivity index (χ2v) is 7.88. The van der Waals surface area contributed by atoms with Gasteiger partial charge in [0.2, 0.25) is 0 Å². The van der Waals surface area contributed by atoms with E-state index in [9.17, 15) is 4.79 Å². The van der Waals surface area contributed by atoms with Gasteiger partial charge in [-0.25, -0.2) is 0 Å². The Labute approximate surface area is 155 Å². The van der Waals surface area contributed by atoms with Crippen molar-refractivity contribution in [2.45, 2.75) is 31.8 Å². The summed E-state index contributed by atoms with van der Waals surface area (Å²) in [4.78, 5) is 17.5.